The number of hydrogen-bond donors (Lipinski definition) is 0. The molecule has 0 fully saturated rings. The standard InChI is InChI=1S/C10H5NO4S/c12-7-4-6-8(10(13)15-7)11-9(16-6)5-2-1-3-14-5/h1-3H,4H2. The summed E-state index contributed by atoms with van der Waals surface area (Å²) in [6.45, 7) is 0. The Morgan fingerprint density at radius 1 is 1.38 bits per heavy atom. The quantitative estimate of drug-likeness (QED) is 0.555. The second-order valence-corrected chi connectivity index (χ2v) is 4.29. The predicted octanol–water partition coefficient (Wildman–Crippen LogP) is 1.64. The summed E-state index contributed by atoms with van der Waals surface area (Å²) in [7, 11) is 0. The number of esters is 2. The van der Waals surface area contributed by atoms with Crippen LogP contribution in [0.25, 0.3) is 10.8 Å². The fraction of sp³-hybridized carbons (Fsp3) is 0.100. The molecule has 0 atom stereocenters. The highest BCUT2D eigenvalue weighted by atomic mass is 32.1. The van der Waals surface area contributed by atoms with Crippen molar-refractivity contribution in [1.82, 2.24) is 4.98 Å². The number of carbonyl (C=O) groups is 2. The van der Waals surface area contributed by atoms with Crippen LogP contribution >= 0.6 is 11.3 Å². The summed E-state index contributed by atoms with van der Waals surface area (Å²) in [5.74, 6) is -0.632. The maximum Gasteiger partial charge on any atom is 0.365 e. The summed E-state index contributed by atoms with van der Waals surface area (Å²) in [6, 6.07) is 3.48. The lowest BCUT2D eigenvalue weighted by Gasteiger charge is -2.06. The van der Waals surface area contributed by atoms with Gasteiger partial charge in [0, 0.05) is 0 Å². The van der Waals surface area contributed by atoms with Gasteiger partial charge in [0.1, 0.15) is 0 Å². The molecule has 0 aromatic carbocycles. The van der Waals surface area contributed by atoms with E-state index < -0.39 is 11.9 Å². The smallest absolute Gasteiger partial charge is 0.365 e. The SMILES string of the molecule is O=C1Cc2sc(-c3ccco3)nc2C(=O)O1. The lowest BCUT2D eigenvalue weighted by Crippen LogP contribution is -2.21. The van der Waals surface area contributed by atoms with Gasteiger partial charge in [0.15, 0.2) is 16.5 Å². The first kappa shape index (κ1) is 9.29. The van der Waals surface area contributed by atoms with Crippen LogP contribution in [0, 0.1) is 0 Å². The number of furan rings is 1. The van der Waals surface area contributed by atoms with Crippen molar-refractivity contribution in [2.45, 2.75) is 6.42 Å². The highest BCUT2D eigenvalue weighted by Crippen LogP contribution is 2.31. The van der Waals surface area contributed by atoms with Crippen LogP contribution in [0.3, 0.4) is 0 Å². The van der Waals surface area contributed by atoms with Crippen molar-refractivity contribution in [2.24, 2.45) is 0 Å². The maximum atomic E-state index is 11.3. The van der Waals surface area contributed by atoms with Crippen molar-refractivity contribution in [3.8, 4) is 10.8 Å². The number of rotatable bonds is 1. The van der Waals surface area contributed by atoms with Gasteiger partial charge in [-0.1, -0.05) is 0 Å². The van der Waals surface area contributed by atoms with Crippen molar-refractivity contribution in [1.29, 1.82) is 0 Å². The van der Waals surface area contributed by atoms with Gasteiger partial charge in [-0.2, -0.15) is 0 Å². The second-order valence-electron chi connectivity index (χ2n) is 3.21. The summed E-state index contributed by atoms with van der Waals surface area (Å²) in [6.07, 6.45) is 1.62. The van der Waals surface area contributed by atoms with Gasteiger partial charge >= 0.3 is 11.9 Å². The monoisotopic (exact) mass is 235 g/mol. The molecule has 5 nitrogen and oxygen atoms in total. The fourth-order valence-electron chi connectivity index (χ4n) is 1.46. The Labute approximate surface area is 93.7 Å². The van der Waals surface area contributed by atoms with Gasteiger partial charge in [0.2, 0.25) is 0 Å². The molecule has 0 bridgehead atoms. The topological polar surface area (TPSA) is 69.4 Å². The van der Waals surface area contributed by atoms with Crippen LogP contribution in [0.1, 0.15) is 15.4 Å². The minimum atomic E-state index is -0.680. The summed E-state index contributed by atoms with van der Waals surface area (Å²) >= 11 is 1.27. The third kappa shape index (κ3) is 1.35. The Hall–Kier alpha value is -1.95. The van der Waals surface area contributed by atoms with Crippen molar-refractivity contribution in [3.05, 3.63) is 29.0 Å². The number of nitrogens with zero attached hydrogens (tertiary/aromatic N) is 1. The van der Waals surface area contributed by atoms with Crippen molar-refractivity contribution in [2.75, 3.05) is 0 Å². The van der Waals surface area contributed by atoms with Gasteiger partial charge in [0.05, 0.1) is 17.6 Å². The molecular formula is C10H5NO4S. The predicted molar refractivity (Wildman–Crippen MR) is 53.9 cm³/mol. The third-order valence-corrected chi connectivity index (χ3v) is 3.20. The second kappa shape index (κ2) is 3.28. The number of thiazole rings is 1. The van der Waals surface area contributed by atoms with E-state index in [2.05, 4.69) is 9.72 Å². The van der Waals surface area contributed by atoms with Gasteiger partial charge in [-0.15, -0.1) is 11.3 Å². The summed E-state index contributed by atoms with van der Waals surface area (Å²) in [4.78, 5) is 27.1. The molecule has 0 aliphatic carbocycles. The number of ether oxygens (including phenoxy) is 1. The van der Waals surface area contributed by atoms with Crippen molar-refractivity contribution in [3.63, 3.8) is 0 Å². The minimum absolute atomic E-state index is 0.0967. The largest absolute Gasteiger partial charge is 0.462 e. The molecule has 0 saturated heterocycles. The Balaban J connectivity index is 2.10. The fourth-order valence-corrected chi connectivity index (χ4v) is 2.46. The molecule has 0 radical (unpaired) electrons. The van der Waals surface area contributed by atoms with E-state index in [4.69, 9.17) is 4.42 Å². The first-order chi connectivity index (χ1) is 7.74. The molecule has 1 aliphatic rings. The van der Waals surface area contributed by atoms with Crippen LogP contribution in [0.15, 0.2) is 22.8 Å². The van der Waals surface area contributed by atoms with Crippen molar-refractivity contribution < 1.29 is 18.7 Å². The van der Waals surface area contributed by atoms with E-state index >= 15 is 0 Å². The zero-order valence-corrected chi connectivity index (χ0v) is 8.74. The minimum Gasteiger partial charge on any atom is -0.462 e. The van der Waals surface area contributed by atoms with Crippen LogP contribution in [0.5, 0.6) is 0 Å². The first-order valence-electron chi connectivity index (χ1n) is 4.52. The van der Waals surface area contributed by atoms with Crippen LogP contribution < -0.4 is 0 Å². The van der Waals surface area contributed by atoms with E-state index in [9.17, 15) is 9.59 Å². The highest BCUT2D eigenvalue weighted by molar-refractivity contribution is 7.15. The normalized spacial score (nSPS) is 14.8. The summed E-state index contributed by atoms with van der Waals surface area (Å²) in [5, 5.41) is 0.585. The van der Waals surface area contributed by atoms with E-state index in [0.717, 1.165) is 0 Å². The van der Waals surface area contributed by atoms with Gasteiger partial charge < -0.3 is 9.15 Å². The van der Waals surface area contributed by atoms with Gasteiger partial charge in [-0.25, -0.2) is 9.78 Å². The van der Waals surface area contributed by atoms with E-state index in [0.29, 0.717) is 15.6 Å². The number of cyclic esters (lactones) is 2. The molecule has 0 saturated carbocycles. The number of carbonyl (C=O) groups excluding carboxylic acids is 2. The molecule has 2 aromatic heterocycles. The summed E-state index contributed by atoms with van der Waals surface area (Å²) < 4.78 is 9.65. The molecule has 0 amide bonds. The molecule has 16 heavy (non-hydrogen) atoms. The summed E-state index contributed by atoms with van der Waals surface area (Å²) in [5.41, 5.74) is 0.219. The molecule has 0 unspecified atom stereocenters. The Kier molecular flexibility index (Phi) is 1.90. The highest BCUT2D eigenvalue weighted by Gasteiger charge is 2.29. The van der Waals surface area contributed by atoms with E-state index in [1.165, 1.54) is 17.6 Å². The maximum absolute atomic E-state index is 11.3. The van der Waals surface area contributed by atoms with Crippen molar-refractivity contribution >= 4 is 23.3 Å². The average molecular weight is 235 g/mol. The Morgan fingerprint density at radius 2 is 2.25 bits per heavy atom. The number of fused-ring (bicyclic) bond motifs is 1. The third-order valence-electron chi connectivity index (χ3n) is 2.13. The molecule has 0 N–H and O–H groups in total. The molecular weight excluding hydrogens is 230 g/mol. The number of aromatic nitrogens is 1. The van der Waals surface area contributed by atoms with E-state index in [-0.39, 0.29) is 12.1 Å². The van der Waals surface area contributed by atoms with Gasteiger partial charge in [0.25, 0.3) is 0 Å². The molecule has 3 heterocycles. The Bertz CT molecular complexity index is 570. The van der Waals surface area contributed by atoms with Gasteiger partial charge in [-0.3, -0.25) is 4.79 Å². The van der Waals surface area contributed by atoms with Crippen LogP contribution in [-0.4, -0.2) is 16.9 Å². The molecule has 2 aromatic rings. The lowest BCUT2D eigenvalue weighted by molar-refractivity contribution is -0.137. The molecule has 80 valence electrons. The molecule has 1 aliphatic heterocycles. The van der Waals surface area contributed by atoms with Gasteiger partial charge in [-0.05, 0) is 12.1 Å². The molecule has 0 spiro atoms. The van der Waals surface area contributed by atoms with Crippen LogP contribution in [0.2, 0.25) is 0 Å². The average Bonchev–Trinajstić information content (AvgIpc) is 2.82. The van der Waals surface area contributed by atoms with Crippen LogP contribution in [-0.2, 0) is 16.0 Å². The number of hydrogen-bond acceptors (Lipinski definition) is 6. The van der Waals surface area contributed by atoms with Crippen LogP contribution in [0.4, 0.5) is 0 Å². The molecule has 6 heteroatoms. The van der Waals surface area contributed by atoms with E-state index in [1.54, 1.807) is 12.1 Å². The lowest BCUT2D eigenvalue weighted by atomic mass is 10.2. The Morgan fingerprint density at radius 3 is 3.00 bits per heavy atom. The van der Waals surface area contributed by atoms with E-state index in [1.807, 2.05) is 0 Å². The zero-order chi connectivity index (χ0) is 11.1. The first-order valence-corrected chi connectivity index (χ1v) is 5.34. The molecule has 3 rings (SSSR count). The zero-order valence-electron chi connectivity index (χ0n) is 7.93.